The Hall–Kier alpha value is -2.62. The van der Waals surface area contributed by atoms with Crippen LogP contribution in [0.5, 0.6) is 0 Å². The molecule has 0 spiro atoms. The van der Waals surface area contributed by atoms with Crippen molar-refractivity contribution >= 4 is 17.5 Å². The molecule has 1 aliphatic rings. The number of benzene rings is 2. The number of carbonyl (C=O) groups is 2. The lowest BCUT2D eigenvalue weighted by Gasteiger charge is -2.28. The van der Waals surface area contributed by atoms with E-state index < -0.39 is 5.41 Å². The lowest BCUT2D eigenvalue weighted by molar-refractivity contribution is -0.139. The lowest BCUT2D eigenvalue weighted by atomic mass is 9.90. The van der Waals surface area contributed by atoms with E-state index in [4.69, 9.17) is 0 Å². The van der Waals surface area contributed by atoms with Crippen LogP contribution in [-0.2, 0) is 22.6 Å². The van der Waals surface area contributed by atoms with Gasteiger partial charge in [0.15, 0.2) is 0 Å². The van der Waals surface area contributed by atoms with E-state index in [1.165, 1.54) is 0 Å². The van der Waals surface area contributed by atoms with Crippen molar-refractivity contribution in [3.63, 3.8) is 0 Å². The maximum absolute atomic E-state index is 13.0. The Labute approximate surface area is 148 Å². The smallest absolute Gasteiger partial charge is 0.242 e. The summed E-state index contributed by atoms with van der Waals surface area (Å²) in [7, 11) is 0. The Kier molecular flexibility index (Phi) is 4.62. The zero-order chi connectivity index (χ0) is 18.0. The van der Waals surface area contributed by atoms with Crippen molar-refractivity contribution in [2.24, 2.45) is 5.41 Å². The first-order valence-electron chi connectivity index (χ1n) is 8.64. The zero-order valence-corrected chi connectivity index (χ0v) is 15.0. The first-order valence-corrected chi connectivity index (χ1v) is 8.64. The van der Waals surface area contributed by atoms with Crippen LogP contribution in [0.25, 0.3) is 0 Å². The standard InChI is InChI=1S/C21H24N2O2/c1-15-8-4-5-10-17(15)14-22-19(24)21(2,3)20(25)23-13-12-16-9-6-7-11-18(16)23/h4-11H,12-14H2,1-3H3,(H,22,24). The summed E-state index contributed by atoms with van der Waals surface area (Å²) >= 11 is 0. The second-order valence-corrected chi connectivity index (χ2v) is 7.07. The largest absolute Gasteiger partial charge is 0.351 e. The first kappa shape index (κ1) is 17.2. The molecule has 1 heterocycles. The summed E-state index contributed by atoms with van der Waals surface area (Å²) in [5.74, 6) is -0.398. The second-order valence-electron chi connectivity index (χ2n) is 7.07. The number of hydrogen-bond donors (Lipinski definition) is 1. The predicted octanol–water partition coefficient (Wildman–Crippen LogP) is 3.23. The van der Waals surface area contributed by atoms with Gasteiger partial charge in [-0.25, -0.2) is 0 Å². The van der Waals surface area contributed by atoms with Crippen molar-refractivity contribution < 1.29 is 9.59 Å². The Morgan fingerprint density at radius 1 is 1.08 bits per heavy atom. The van der Waals surface area contributed by atoms with Crippen LogP contribution in [0, 0.1) is 12.3 Å². The Morgan fingerprint density at radius 2 is 1.76 bits per heavy atom. The highest BCUT2D eigenvalue weighted by Gasteiger charge is 2.41. The number of rotatable bonds is 4. The van der Waals surface area contributed by atoms with Crippen LogP contribution in [0.2, 0.25) is 0 Å². The van der Waals surface area contributed by atoms with Crippen LogP contribution in [0.3, 0.4) is 0 Å². The number of aryl methyl sites for hydroxylation is 1. The average molecular weight is 336 g/mol. The summed E-state index contributed by atoms with van der Waals surface area (Å²) in [4.78, 5) is 27.5. The number of para-hydroxylation sites is 1. The molecule has 1 N–H and O–H groups in total. The number of fused-ring (bicyclic) bond motifs is 1. The van der Waals surface area contributed by atoms with Crippen molar-refractivity contribution in [3.8, 4) is 0 Å². The Balaban J connectivity index is 1.71. The van der Waals surface area contributed by atoms with Gasteiger partial charge in [-0.15, -0.1) is 0 Å². The number of carbonyl (C=O) groups excluding carboxylic acids is 2. The summed E-state index contributed by atoms with van der Waals surface area (Å²) in [5.41, 5.74) is 3.16. The van der Waals surface area contributed by atoms with Gasteiger partial charge in [-0.3, -0.25) is 9.59 Å². The molecular formula is C21H24N2O2. The lowest BCUT2D eigenvalue weighted by Crippen LogP contribution is -2.49. The molecule has 4 heteroatoms. The number of nitrogens with zero attached hydrogens (tertiary/aromatic N) is 1. The topological polar surface area (TPSA) is 49.4 Å². The summed E-state index contributed by atoms with van der Waals surface area (Å²) < 4.78 is 0. The van der Waals surface area contributed by atoms with Gasteiger partial charge in [-0.2, -0.15) is 0 Å². The maximum atomic E-state index is 13.0. The quantitative estimate of drug-likeness (QED) is 0.872. The van der Waals surface area contributed by atoms with E-state index in [0.717, 1.165) is 28.8 Å². The molecule has 0 saturated heterocycles. The van der Waals surface area contributed by atoms with E-state index in [2.05, 4.69) is 5.32 Å². The van der Waals surface area contributed by atoms with Crippen molar-refractivity contribution in [2.45, 2.75) is 33.7 Å². The first-order chi connectivity index (χ1) is 11.9. The van der Waals surface area contributed by atoms with Crippen LogP contribution in [0.4, 0.5) is 5.69 Å². The predicted molar refractivity (Wildman–Crippen MR) is 99.3 cm³/mol. The third-order valence-electron chi connectivity index (χ3n) is 4.94. The fourth-order valence-corrected chi connectivity index (χ4v) is 3.19. The molecule has 2 aromatic carbocycles. The van der Waals surface area contributed by atoms with E-state index in [1.54, 1.807) is 18.7 Å². The molecule has 130 valence electrons. The van der Waals surface area contributed by atoms with Crippen LogP contribution in [0.15, 0.2) is 48.5 Å². The van der Waals surface area contributed by atoms with Gasteiger partial charge in [0.05, 0.1) is 0 Å². The summed E-state index contributed by atoms with van der Waals surface area (Å²) in [6.45, 7) is 6.47. The molecule has 0 bridgehead atoms. The van der Waals surface area contributed by atoms with Gasteiger partial charge in [0.25, 0.3) is 0 Å². The molecule has 0 atom stereocenters. The van der Waals surface area contributed by atoms with Gasteiger partial charge in [0.1, 0.15) is 5.41 Å². The highest BCUT2D eigenvalue weighted by Crippen LogP contribution is 2.32. The Bertz CT molecular complexity index is 811. The minimum Gasteiger partial charge on any atom is -0.351 e. The Morgan fingerprint density at radius 3 is 2.52 bits per heavy atom. The van der Waals surface area contributed by atoms with Crippen LogP contribution >= 0.6 is 0 Å². The van der Waals surface area contributed by atoms with E-state index in [-0.39, 0.29) is 11.8 Å². The fraction of sp³-hybridized carbons (Fsp3) is 0.333. The van der Waals surface area contributed by atoms with Crippen LogP contribution < -0.4 is 10.2 Å². The molecule has 2 aromatic rings. The molecule has 0 aliphatic carbocycles. The van der Waals surface area contributed by atoms with E-state index >= 15 is 0 Å². The molecule has 0 radical (unpaired) electrons. The molecule has 3 rings (SSSR count). The summed E-state index contributed by atoms with van der Waals surface area (Å²) in [6.07, 6.45) is 0.836. The van der Waals surface area contributed by atoms with E-state index in [0.29, 0.717) is 13.1 Å². The molecular weight excluding hydrogens is 312 g/mol. The number of hydrogen-bond acceptors (Lipinski definition) is 2. The molecule has 0 aromatic heterocycles. The van der Waals surface area contributed by atoms with Crippen molar-refractivity contribution in [1.82, 2.24) is 5.32 Å². The highest BCUT2D eigenvalue weighted by molar-refractivity contribution is 6.11. The number of anilines is 1. The maximum Gasteiger partial charge on any atom is 0.242 e. The molecule has 0 fully saturated rings. The number of amides is 2. The minimum absolute atomic E-state index is 0.153. The van der Waals surface area contributed by atoms with Gasteiger partial charge >= 0.3 is 0 Å². The van der Waals surface area contributed by atoms with Gasteiger partial charge in [0.2, 0.25) is 11.8 Å². The van der Waals surface area contributed by atoms with Crippen molar-refractivity contribution in [1.29, 1.82) is 0 Å². The molecule has 1 aliphatic heterocycles. The summed E-state index contributed by atoms with van der Waals surface area (Å²) in [5, 5.41) is 2.92. The zero-order valence-electron chi connectivity index (χ0n) is 15.0. The van der Waals surface area contributed by atoms with E-state index in [1.807, 2.05) is 55.5 Å². The van der Waals surface area contributed by atoms with Gasteiger partial charge < -0.3 is 10.2 Å². The average Bonchev–Trinajstić information content (AvgIpc) is 3.04. The van der Waals surface area contributed by atoms with Gasteiger partial charge in [0, 0.05) is 18.8 Å². The number of nitrogens with one attached hydrogen (secondary N) is 1. The van der Waals surface area contributed by atoms with Crippen molar-refractivity contribution in [3.05, 3.63) is 65.2 Å². The molecule has 2 amide bonds. The third kappa shape index (κ3) is 3.29. The molecule has 0 unspecified atom stereocenters. The van der Waals surface area contributed by atoms with E-state index in [9.17, 15) is 9.59 Å². The monoisotopic (exact) mass is 336 g/mol. The van der Waals surface area contributed by atoms with Gasteiger partial charge in [-0.1, -0.05) is 42.5 Å². The summed E-state index contributed by atoms with van der Waals surface area (Å²) in [6, 6.07) is 15.8. The SMILES string of the molecule is Cc1ccccc1CNC(=O)C(C)(C)C(=O)N1CCc2ccccc21. The second kappa shape index (κ2) is 6.71. The molecule has 4 nitrogen and oxygen atoms in total. The minimum atomic E-state index is -1.11. The highest BCUT2D eigenvalue weighted by atomic mass is 16.2. The van der Waals surface area contributed by atoms with Crippen LogP contribution in [0.1, 0.15) is 30.5 Å². The van der Waals surface area contributed by atoms with Crippen molar-refractivity contribution in [2.75, 3.05) is 11.4 Å². The van der Waals surface area contributed by atoms with Gasteiger partial charge in [-0.05, 0) is 49.9 Å². The molecule has 0 saturated carbocycles. The molecule has 25 heavy (non-hydrogen) atoms. The fourth-order valence-electron chi connectivity index (χ4n) is 3.19. The third-order valence-corrected chi connectivity index (χ3v) is 4.94. The normalized spacial score (nSPS) is 13.5. The van der Waals surface area contributed by atoms with Crippen LogP contribution in [-0.4, -0.2) is 18.4 Å².